The van der Waals surface area contributed by atoms with Gasteiger partial charge in [0, 0.05) is 0 Å². The number of rotatable bonds is 9. The fraction of sp³-hybridized carbons (Fsp3) is 0.706. The first-order chi connectivity index (χ1) is 10.0. The molecule has 0 radical (unpaired) electrons. The first kappa shape index (κ1) is 17.9. The second kappa shape index (κ2) is 9.00. The summed E-state index contributed by atoms with van der Waals surface area (Å²) in [7, 11) is 0. The minimum atomic E-state index is -1.95. The number of hydrogen-bond acceptors (Lipinski definition) is 4. The van der Waals surface area contributed by atoms with Crippen molar-refractivity contribution in [2.75, 3.05) is 0 Å². The van der Waals surface area contributed by atoms with Crippen LogP contribution in [0.25, 0.3) is 0 Å². The molecule has 0 aromatic rings. The van der Waals surface area contributed by atoms with E-state index in [1.807, 2.05) is 6.08 Å². The average Bonchev–Trinajstić information content (AvgIpc) is 2.44. The van der Waals surface area contributed by atoms with Gasteiger partial charge in [0.15, 0.2) is 5.79 Å². The van der Waals surface area contributed by atoms with Crippen molar-refractivity contribution in [3.63, 3.8) is 0 Å². The highest BCUT2D eigenvalue weighted by molar-refractivity contribution is 5.67. The average molecular weight is 295 g/mol. The van der Waals surface area contributed by atoms with Crippen molar-refractivity contribution >= 4 is 6.21 Å². The van der Waals surface area contributed by atoms with E-state index in [4.69, 9.17) is 5.21 Å². The van der Waals surface area contributed by atoms with Gasteiger partial charge >= 0.3 is 0 Å². The largest absolute Gasteiger partial charge is 0.411 e. The second-order valence-electron chi connectivity index (χ2n) is 5.96. The van der Waals surface area contributed by atoms with Crippen molar-refractivity contribution in [2.24, 2.45) is 11.1 Å². The maximum atomic E-state index is 9.98. The summed E-state index contributed by atoms with van der Waals surface area (Å²) in [5.41, 5.74) is 1.58. The SMILES string of the molecule is CCCCCCCCCC1=CC(/C=N\O)C(O)(O)C(C)=C1. The number of unbranched alkanes of at least 4 members (excludes halogenated alkanes) is 6. The predicted molar refractivity (Wildman–Crippen MR) is 85.4 cm³/mol. The minimum Gasteiger partial charge on any atom is -0.411 e. The number of oxime groups is 1. The highest BCUT2D eigenvalue weighted by Gasteiger charge is 2.36. The lowest BCUT2D eigenvalue weighted by Crippen LogP contribution is -2.40. The standard InChI is InChI=1S/C17H29NO3/c1-3-4-5-6-7-8-9-10-15-11-14(2)17(19,20)16(12-15)13-18-21/h11-13,16,19-21H,3-10H2,1-2H3/b18-13-. The van der Waals surface area contributed by atoms with Crippen LogP contribution >= 0.6 is 0 Å². The number of allylic oxidation sites excluding steroid dienone is 2. The second-order valence-corrected chi connectivity index (χ2v) is 5.96. The normalized spacial score (nSPS) is 21.4. The minimum absolute atomic E-state index is 0.493. The van der Waals surface area contributed by atoms with E-state index in [1.165, 1.54) is 44.7 Å². The van der Waals surface area contributed by atoms with Crippen LogP contribution in [0.1, 0.15) is 65.2 Å². The van der Waals surface area contributed by atoms with Crippen LogP contribution in [0.5, 0.6) is 0 Å². The molecule has 1 aliphatic rings. The third-order valence-electron chi connectivity index (χ3n) is 4.14. The smallest absolute Gasteiger partial charge is 0.197 e. The molecule has 0 heterocycles. The molecule has 0 fully saturated rings. The van der Waals surface area contributed by atoms with Crippen LogP contribution < -0.4 is 0 Å². The van der Waals surface area contributed by atoms with E-state index in [1.54, 1.807) is 13.0 Å². The maximum absolute atomic E-state index is 9.98. The summed E-state index contributed by atoms with van der Waals surface area (Å²) in [4.78, 5) is 0. The number of aliphatic hydroxyl groups is 2. The van der Waals surface area contributed by atoms with Crippen molar-refractivity contribution < 1.29 is 15.4 Å². The van der Waals surface area contributed by atoms with Crippen LogP contribution in [0.4, 0.5) is 0 Å². The van der Waals surface area contributed by atoms with E-state index >= 15 is 0 Å². The first-order valence-corrected chi connectivity index (χ1v) is 8.04. The Labute approximate surface area is 127 Å². The summed E-state index contributed by atoms with van der Waals surface area (Å²) in [6.45, 7) is 3.91. The molecule has 0 aromatic heterocycles. The lowest BCUT2D eigenvalue weighted by Gasteiger charge is -2.31. The Morgan fingerprint density at radius 2 is 1.76 bits per heavy atom. The van der Waals surface area contributed by atoms with Crippen molar-refractivity contribution in [1.29, 1.82) is 0 Å². The van der Waals surface area contributed by atoms with Gasteiger partial charge in [0.2, 0.25) is 0 Å². The van der Waals surface area contributed by atoms with E-state index in [-0.39, 0.29) is 0 Å². The first-order valence-electron chi connectivity index (χ1n) is 8.04. The molecular weight excluding hydrogens is 266 g/mol. The van der Waals surface area contributed by atoms with Gasteiger partial charge in [0.1, 0.15) is 0 Å². The Morgan fingerprint density at radius 3 is 2.38 bits per heavy atom. The van der Waals surface area contributed by atoms with Gasteiger partial charge in [-0.05, 0) is 25.3 Å². The fourth-order valence-corrected chi connectivity index (χ4v) is 2.70. The highest BCUT2D eigenvalue weighted by Crippen LogP contribution is 2.31. The zero-order valence-corrected chi connectivity index (χ0v) is 13.3. The van der Waals surface area contributed by atoms with E-state index in [9.17, 15) is 10.2 Å². The molecular formula is C17H29NO3. The van der Waals surface area contributed by atoms with Crippen LogP contribution in [0.15, 0.2) is 28.5 Å². The van der Waals surface area contributed by atoms with E-state index in [2.05, 4.69) is 12.1 Å². The van der Waals surface area contributed by atoms with Gasteiger partial charge in [0.05, 0.1) is 12.1 Å². The molecule has 120 valence electrons. The molecule has 21 heavy (non-hydrogen) atoms. The molecule has 0 saturated carbocycles. The molecule has 1 aliphatic carbocycles. The molecule has 0 spiro atoms. The van der Waals surface area contributed by atoms with Gasteiger partial charge in [-0.3, -0.25) is 0 Å². The lowest BCUT2D eigenvalue weighted by atomic mass is 9.84. The van der Waals surface area contributed by atoms with Crippen molar-refractivity contribution in [3.8, 4) is 0 Å². The summed E-state index contributed by atoms with van der Waals surface area (Å²) < 4.78 is 0. The maximum Gasteiger partial charge on any atom is 0.197 e. The quantitative estimate of drug-likeness (QED) is 0.199. The molecule has 4 nitrogen and oxygen atoms in total. The molecule has 0 saturated heterocycles. The van der Waals surface area contributed by atoms with Gasteiger partial charge < -0.3 is 15.4 Å². The van der Waals surface area contributed by atoms with E-state index in [0.717, 1.165) is 18.4 Å². The van der Waals surface area contributed by atoms with Gasteiger partial charge in [-0.15, -0.1) is 5.16 Å². The van der Waals surface area contributed by atoms with E-state index in [0.29, 0.717) is 5.57 Å². The van der Waals surface area contributed by atoms with Crippen molar-refractivity contribution in [3.05, 3.63) is 23.3 Å². The molecule has 0 amide bonds. The monoisotopic (exact) mass is 295 g/mol. The Morgan fingerprint density at radius 1 is 1.14 bits per heavy atom. The molecule has 0 bridgehead atoms. The van der Waals surface area contributed by atoms with Crippen LogP contribution in [0, 0.1) is 5.92 Å². The Kier molecular flexibility index (Phi) is 7.68. The molecule has 1 unspecified atom stereocenters. The predicted octanol–water partition coefficient (Wildman–Crippen LogP) is 3.77. The zero-order valence-electron chi connectivity index (χ0n) is 13.3. The zero-order chi connectivity index (χ0) is 15.7. The third-order valence-corrected chi connectivity index (χ3v) is 4.14. The molecule has 1 rings (SSSR count). The van der Waals surface area contributed by atoms with Crippen molar-refractivity contribution in [1.82, 2.24) is 0 Å². The van der Waals surface area contributed by atoms with Gasteiger partial charge in [-0.1, -0.05) is 63.2 Å². The topological polar surface area (TPSA) is 73.1 Å². The molecule has 3 N–H and O–H groups in total. The Bertz CT molecular complexity index is 397. The highest BCUT2D eigenvalue weighted by atomic mass is 16.5. The van der Waals surface area contributed by atoms with Crippen LogP contribution in [0.3, 0.4) is 0 Å². The van der Waals surface area contributed by atoms with Crippen LogP contribution in [-0.2, 0) is 0 Å². The summed E-state index contributed by atoms with van der Waals surface area (Å²) in [5, 5.41) is 31.6. The van der Waals surface area contributed by atoms with Gasteiger partial charge in [0.25, 0.3) is 0 Å². The molecule has 0 aliphatic heterocycles. The molecule has 1 atom stereocenters. The van der Waals surface area contributed by atoms with Gasteiger partial charge in [-0.2, -0.15) is 0 Å². The summed E-state index contributed by atoms with van der Waals surface area (Å²) in [6, 6.07) is 0. The Hall–Kier alpha value is -1.13. The van der Waals surface area contributed by atoms with Gasteiger partial charge in [-0.25, -0.2) is 0 Å². The Balaban J connectivity index is 2.41. The van der Waals surface area contributed by atoms with Crippen LogP contribution in [0.2, 0.25) is 0 Å². The lowest BCUT2D eigenvalue weighted by molar-refractivity contribution is -0.141. The summed E-state index contributed by atoms with van der Waals surface area (Å²) in [5.74, 6) is -2.64. The molecule has 0 aromatic carbocycles. The third kappa shape index (κ3) is 5.64. The summed E-state index contributed by atoms with van der Waals surface area (Å²) >= 11 is 0. The molecule has 4 heteroatoms. The summed E-state index contributed by atoms with van der Waals surface area (Å²) in [6.07, 6.45) is 14.5. The number of hydrogen-bond donors (Lipinski definition) is 3. The van der Waals surface area contributed by atoms with E-state index < -0.39 is 11.7 Å². The van der Waals surface area contributed by atoms with Crippen LogP contribution in [-0.4, -0.2) is 27.4 Å². The number of nitrogens with zero attached hydrogens (tertiary/aromatic N) is 1. The van der Waals surface area contributed by atoms with Crippen molar-refractivity contribution in [2.45, 2.75) is 71.0 Å². The fourth-order valence-electron chi connectivity index (χ4n) is 2.70.